The molecular formula is C24H10F6S. The lowest BCUT2D eigenvalue weighted by atomic mass is 9.99. The van der Waals surface area contributed by atoms with E-state index in [0.717, 1.165) is 0 Å². The molecule has 0 fully saturated rings. The second kappa shape index (κ2) is 7.13. The second-order valence-corrected chi connectivity index (χ2v) is 7.90. The van der Waals surface area contributed by atoms with Crippen LogP contribution in [0.1, 0.15) is 0 Å². The largest absolute Gasteiger partial charge is 0.205 e. The van der Waals surface area contributed by atoms with Crippen LogP contribution in [-0.2, 0) is 0 Å². The molecule has 0 spiro atoms. The van der Waals surface area contributed by atoms with Gasteiger partial charge in [0.1, 0.15) is 0 Å². The summed E-state index contributed by atoms with van der Waals surface area (Å²) in [6.07, 6.45) is 0. The molecule has 4 aromatic carbocycles. The van der Waals surface area contributed by atoms with Crippen molar-refractivity contribution >= 4 is 31.5 Å². The Labute approximate surface area is 176 Å². The average Bonchev–Trinajstić information content (AvgIpc) is 3.20. The lowest BCUT2D eigenvalue weighted by Gasteiger charge is -2.09. The van der Waals surface area contributed by atoms with Crippen LogP contribution < -0.4 is 0 Å². The summed E-state index contributed by atoms with van der Waals surface area (Å²) in [6.45, 7) is 0. The number of halogens is 6. The Morgan fingerprint density at radius 3 is 1.13 bits per heavy atom. The van der Waals surface area contributed by atoms with Crippen LogP contribution in [0.2, 0.25) is 0 Å². The molecule has 0 aliphatic rings. The number of fused-ring (bicyclic) bond motifs is 3. The third-order valence-electron chi connectivity index (χ3n) is 5.13. The second-order valence-electron chi connectivity index (χ2n) is 6.88. The van der Waals surface area contributed by atoms with E-state index in [0.29, 0.717) is 11.3 Å². The SMILES string of the molecule is Fc1c(-c2ccccc2)c(F)c2sc3c(F)c(-c4ccccc4)c(F)c(F)c3c2c1F. The molecule has 0 saturated heterocycles. The van der Waals surface area contributed by atoms with Gasteiger partial charge in [-0.1, -0.05) is 60.7 Å². The Morgan fingerprint density at radius 1 is 0.419 bits per heavy atom. The zero-order valence-electron chi connectivity index (χ0n) is 15.4. The minimum Gasteiger partial charge on any atom is -0.205 e. The summed E-state index contributed by atoms with van der Waals surface area (Å²) < 4.78 is 89.3. The van der Waals surface area contributed by atoms with Gasteiger partial charge >= 0.3 is 0 Å². The minimum atomic E-state index is -1.56. The van der Waals surface area contributed by atoms with E-state index < -0.39 is 66.2 Å². The maximum atomic E-state index is 15.3. The Morgan fingerprint density at radius 2 is 0.774 bits per heavy atom. The molecule has 0 unspecified atom stereocenters. The predicted octanol–water partition coefficient (Wildman–Crippen LogP) is 8.22. The van der Waals surface area contributed by atoms with Crippen LogP contribution in [-0.4, -0.2) is 0 Å². The van der Waals surface area contributed by atoms with Crippen molar-refractivity contribution in [1.29, 1.82) is 0 Å². The van der Waals surface area contributed by atoms with Crippen LogP contribution in [0.3, 0.4) is 0 Å². The Hall–Kier alpha value is -3.32. The molecule has 0 saturated carbocycles. The topological polar surface area (TPSA) is 0 Å². The van der Waals surface area contributed by atoms with Gasteiger partial charge in [0.25, 0.3) is 0 Å². The third kappa shape index (κ3) is 2.76. The van der Waals surface area contributed by atoms with E-state index in [-0.39, 0.29) is 11.1 Å². The summed E-state index contributed by atoms with van der Waals surface area (Å²) in [6, 6.07) is 14.8. The summed E-state index contributed by atoms with van der Waals surface area (Å²) in [7, 11) is 0. The fourth-order valence-corrected chi connectivity index (χ4v) is 4.91. The molecule has 5 aromatic rings. The van der Waals surface area contributed by atoms with Crippen molar-refractivity contribution in [2.75, 3.05) is 0 Å². The highest BCUT2D eigenvalue weighted by atomic mass is 32.1. The normalized spacial score (nSPS) is 11.5. The molecular weight excluding hydrogens is 434 g/mol. The van der Waals surface area contributed by atoms with Gasteiger partial charge in [-0.05, 0) is 11.1 Å². The number of hydrogen-bond donors (Lipinski definition) is 0. The first kappa shape index (κ1) is 19.6. The number of benzene rings is 4. The number of rotatable bonds is 2. The van der Waals surface area contributed by atoms with Gasteiger partial charge in [-0.15, -0.1) is 11.3 Å². The smallest absolute Gasteiger partial charge is 0.170 e. The molecule has 1 heterocycles. The Balaban J connectivity index is 1.94. The van der Waals surface area contributed by atoms with Crippen molar-refractivity contribution in [1.82, 2.24) is 0 Å². The highest BCUT2D eigenvalue weighted by Crippen LogP contribution is 2.46. The summed E-state index contributed by atoms with van der Waals surface area (Å²) in [5.74, 6) is -8.56. The molecule has 0 amide bonds. The molecule has 0 aliphatic carbocycles. The molecule has 0 atom stereocenters. The zero-order chi connectivity index (χ0) is 21.9. The van der Waals surface area contributed by atoms with Gasteiger partial charge in [0.15, 0.2) is 34.9 Å². The van der Waals surface area contributed by atoms with E-state index >= 15 is 17.6 Å². The van der Waals surface area contributed by atoms with Gasteiger partial charge in [0.05, 0.1) is 20.5 Å². The average molecular weight is 444 g/mol. The number of hydrogen-bond acceptors (Lipinski definition) is 1. The van der Waals surface area contributed by atoms with Gasteiger partial charge in [-0.3, -0.25) is 0 Å². The quantitative estimate of drug-likeness (QED) is 0.190. The first-order valence-corrected chi connectivity index (χ1v) is 9.93. The summed E-state index contributed by atoms with van der Waals surface area (Å²) in [5, 5.41) is -1.63. The fraction of sp³-hybridized carbons (Fsp3) is 0. The van der Waals surface area contributed by atoms with Crippen molar-refractivity contribution in [3.63, 3.8) is 0 Å². The van der Waals surface area contributed by atoms with Crippen LogP contribution in [0.15, 0.2) is 60.7 Å². The van der Waals surface area contributed by atoms with E-state index in [1.54, 1.807) is 12.1 Å². The van der Waals surface area contributed by atoms with Crippen molar-refractivity contribution in [3.05, 3.63) is 95.6 Å². The molecule has 1 aromatic heterocycles. The first-order chi connectivity index (χ1) is 14.9. The summed E-state index contributed by atoms with van der Waals surface area (Å²) in [5.41, 5.74) is -1.18. The minimum absolute atomic E-state index is 0.0628. The first-order valence-electron chi connectivity index (χ1n) is 9.11. The van der Waals surface area contributed by atoms with E-state index in [4.69, 9.17) is 0 Å². The maximum absolute atomic E-state index is 15.3. The van der Waals surface area contributed by atoms with Crippen LogP contribution in [0.5, 0.6) is 0 Å². The lowest BCUT2D eigenvalue weighted by molar-refractivity contribution is 0.505. The Bertz CT molecular complexity index is 1360. The highest BCUT2D eigenvalue weighted by Gasteiger charge is 2.30. The van der Waals surface area contributed by atoms with E-state index in [1.807, 2.05) is 0 Å². The summed E-state index contributed by atoms with van der Waals surface area (Å²) in [4.78, 5) is 0. The molecule has 7 heteroatoms. The lowest BCUT2D eigenvalue weighted by Crippen LogP contribution is -1.98. The molecule has 0 radical (unpaired) electrons. The molecule has 0 aliphatic heterocycles. The summed E-state index contributed by atoms with van der Waals surface area (Å²) >= 11 is 0.415. The van der Waals surface area contributed by atoms with Gasteiger partial charge < -0.3 is 0 Å². The van der Waals surface area contributed by atoms with Crippen LogP contribution in [0.25, 0.3) is 42.4 Å². The molecule has 154 valence electrons. The number of thiophene rings is 1. The van der Waals surface area contributed by atoms with Crippen LogP contribution in [0, 0.1) is 34.9 Å². The standard InChI is InChI=1S/C24H10F6S/c25-17-13(11-7-3-1-4-8-11)21(29)23-15(19(17)27)16-20(28)18(26)14(22(30)24(16)31-23)12-9-5-2-6-10-12/h1-10H. The highest BCUT2D eigenvalue weighted by molar-refractivity contribution is 7.26. The van der Waals surface area contributed by atoms with Crippen LogP contribution >= 0.6 is 11.3 Å². The van der Waals surface area contributed by atoms with Gasteiger partial charge in [-0.25, -0.2) is 26.3 Å². The van der Waals surface area contributed by atoms with E-state index in [9.17, 15) is 8.78 Å². The van der Waals surface area contributed by atoms with Gasteiger partial charge in [-0.2, -0.15) is 0 Å². The molecule has 0 N–H and O–H groups in total. The fourth-order valence-electron chi connectivity index (χ4n) is 3.73. The third-order valence-corrected chi connectivity index (χ3v) is 6.31. The predicted molar refractivity (Wildman–Crippen MR) is 110 cm³/mol. The molecule has 31 heavy (non-hydrogen) atoms. The van der Waals surface area contributed by atoms with Crippen molar-refractivity contribution in [2.45, 2.75) is 0 Å². The monoisotopic (exact) mass is 444 g/mol. The Kier molecular flexibility index (Phi) is 4.51. The maximum Gasteiger partial charge on any atom is 0.170 e. The van der Waals surface area contributed by atoms with Gasteiger partial charge in [0, 0.05) is 10.8 Å². The molecule has 0 nitrogen and oxygen atoms in total. The molecule has 5 rings (SSSR count). The molecule has 0 bridgehead atoms. The van der Waals surface area contributed by atoms with Crippen molar-refractivity contribution in [2.24, 2.45) is 0 Å². The van der Waals surface area contributed by atoms with E-state index in [1.165, 1.54) is 48.5 Å². The van der Waals surface area contributed by atoms with Crippen molar-refractivity contribution < 1.29 is 26.3 Å². The van der Waals surface area contributed by atoms with E-state index in [2.05, 4.69) is 0 Å². The van der Waals surface area contributed by atoms with Crippen molar-refractivity contribution in [3.8, 4) is 22.3 Å². The van der Waals surface area contributed by atoms with Gasteiger partial charge in [0.2, 0.25) is 0 Å². The zero-order valence-corrected chi connectivity index (χ0v) is 16.3. The van der Waals surface area contributed by atoms with Crippen LogP contribution in [0.4, 0.5) is 26.3 Å².